The standard InChI is InChI=1S/C18H24BrFN2O4S/c1-16(2,3)26-15(23)22-18(6,11-27(24,25)17(4,5)10-21)13-9-12(19)7-8-14(13)20/h7-9H,11H2,1-6H3,(H,22,23). The summed E-state index contributed by atoms with van der Waals surface area (Å²) in [5.74, 6) is -1.38. The average Bonchev–Trinajstić information content (AvgIpc) is 2.46. The number of hydrogen-bond acceptors (Lipinski definition) is 5. The van der Waals surface area contributed by atoms with Crippen molar-refractivity contribution in [1.29, 1.82) is 5.26 Å². The van der Waals surface area contributed by atoms with Crippen LogP contribution in [-0.2, 0) is 20.1 Å². The molecule has 0 aliphatic carbocycles. The summed E-state index contributed by atoms with van der Waals surface area (Å²) >= 11 is 3.22. The predicted molar refractivity (Wildman–Crippen MR) is 104 cm³/mol. The van der Waals surface area contributed by atoms with E-state index in [2.05, 4.69) is 21.2 Å². The molecule has 9 heteroatoms. The molecule has 1 aromatic carbocycles. The smallest absolute Gasteiger partial charge is 0.408 e. The van der Waals surface area contributed by atoms with Crippen LogP contribution >= 0.6 is 15.9 Å². The van der Waals surface area contributed by atoms with Gasteiger partial charge in [0.15, 0.2) is 14.6 Å². The van der Waals surface area contributed by atoms with E-state index in [9.17, 15) is 22.9 Å². The molecule has 1 amide bonds. The fourth-order valence-electron chi connectivity index (χ4n) is 2.26. The van der Waals surface area contributed by atoms with Crippen LogP contribution in [-0.4, -0.2) is 30.6 Å². The fourth-order valence-corrected chi connectivity index (χ4v) is 4.11. The normalized spacial score (nSPS) is 14.8. The third kappa shape index (κ3) is 5.91. The molecule has 0 aromatic heterocycles. The van der Waals surface area contributed by atoms with E-state index in [1.165, 1.54) is 32.9 Å². The SMILES string of the molecule is CC(C)(C)OC(=O)NC(C)(CS(=O)(=O)C(C)(C)C#N)c1cc(Br)ccc1F. The Morgan fingerprint density at radius 3 is 2.30 bits per heavy atom. The van der Waals surface area contributed by atoms with E-state index in [4.69, 9.17) is 4.74 Å². The number of nitrogens with one attached hydrogen (secondary N) is 1. The van der Waals surface area contributed by atoms with Crippen LogP contribution in [0.3, 0.4) is 0 Å². The number of hydrogen-bond donors (Lipinski definition) is 1. The number of carbonyl (C=O) groups excluding carboxylic acids is 1. The third-order valence-corrected chi connectivity index (χ3v) is 6.92. The number of nitrogens with zero attached hydrogens (tertiary/aromatic N) is 1. The summed E-state index contributed by atoms with van der Waals surface area (Å²) in [6.45, 7) is 8.85. The van der Waals surface area contributed by atoms with Gasteiger partial charge in [-0.25, -0.2) is 17.6 Å². The van der Waals surface area contributed by atoms with Crippen molar-refractivity contribution in [2.24, 2.45) is 0 Å². The van der Waals surface area contributed by atoms with Crippen molar-refractivity contribution in [3.63, 3.8) is 0 Å². The van der Waals surface area contributed by atoms with Gasteiger partial charge in [-0.1, -0.05) is 15.9 Å². The van der Waals surface area contributed by atoms with Gasteiger partial charge in [-0.3, -0.25) is 0 Å². The summed E-state index contributed by atoms with van der Waals surface area (Å²) in [6.07, 6.45) is -0.894. The molecule has 1 rings (SSSR count). The van der Waals surface area contributed by atoms with Gasteiger partial charge in [0, 0.05) is 10.0 Å². The average molecular weight is 463 g/mol. The van der Waals surface area contributed by atoms with E-state index < -0.39 is 43.4 Å². The van der Waals surface area contributed by atoms with Crippen LogP contribution in [0.4, 0.5) is 9.18 Å². The second kappa shape index (κ2) is 7.76. The minimum absolute atomic E-state index is 0.0416. The van der Waals surface area contributed by atoms with E-state index in [0.29, 0.717) is 4.47 Å². The lowest BCUT2D eigenvalue weighted by molar-refractivity contribution is 0.0470. The zero-order valence-corrected chi connectivity index (χ0v) is 18.6. The molecular formula is C18H24BrFN2O4S. The highest BCUT2D eigenvalue weighted by molar-refractivity contribution is 9.10. The van der Waals surface area contributed by atoms with E-state index in [1.54, 1.807) is 26.8 Å². The first kappa shape index (κ1) is 23.4. The van der Waals surface area contributed by atoms with E-state index in [1.807, 2.05) is 0 Å². The van der Waals surface area contributed by atoms with Crippen molar-refractivity contribution in [3.8, 4) is 6.07 Å². The van der Waals surface area contributed by atoms with E-state index >= 15 is 0 Å². The third-order valence-electron chi connectivity index (χ3n) is 3.83. The number of rotatable bonds is 5. The first-order valence-corrected chi connectivity index (χ1v) is 10.6. The van der Waals surface area contributed by atoms with Crippen LogP contribution in [0.5, 0.6) is 0 Å². The monoisotopic (exact) mass is 462 g/mol. The van der Waals surface area contributed by atoms with Crippen molar-refractivity contribution < 1.29 is 22.3 Å². The molecule has 0 fully saturated rings. The Bertz CT molecular complexity index is 872. The summed E-state index contributed by atoms with van der Waals surface area (Å²) in [4.78, 5) is 12.3. The van der Waals surface area contributed by atoms with Crippen LogP contribution in [0.2, 0.25) is 0 Å². The topological polar surface area (TPSA) is 96.3 Å². The highest BCUT2D eigenvalue weighted by atomic mass is 79.9. The molecular weight excluding hydrogens is 439 g/mol. The zero-order valence-electron chi connectivity index (χ0n) is 16.2. The quantitative estimate of drug-likeness (QED) is 0.711. The minimum Gasteiger partial charge on any atom is -0.444 e. The summed E-state index contributed by atoms with van der Waals surface area (Å²) in [6, 6.07) is 5.75. The second-order valence-corrected chi connectivity index (χ2v) is 11.4. The number of ether oxygens (including phenoxy) is 1. The Morgan fingerprint density at radius 2 is 1.81 bits per heavy atom. The molecule has 0 heterocycles. The molecule has 0 saturated heterocycles. The lowest BCUT2D eigenvalue weighted by Gasteiger charge is -2.34. The molecule has 1 N–H and O–H groups in total. The van der Waals surface area contributed by atoms with Crippen molar-refractivity contribution in [1.82, 2.24) is 5.32 Å². The van der Waals surface area contributed by atoms with Crippen molar-refractivity contribution >= 4 is 31.9 Å². The molecule has 1 atom stereocenters. The minimum atomic E-state index is -4.05. The number of sulfone groups is 1. The molecule has 0 spiro atoms. The number of nitriles is 1. The van der Waals surface area contributed by atoms with Gasteiger partial charge in [-0.05, 0) is 59.7 Å². The molecule has 150 valence electrons. The summed E-state index contributed by atoms with van der Waals surface area (Å²) in [5, 5.41) is 11.7. The second-order valence-electron chi connectivity index (χ2n) is 7.96. The predicted octanol–water partition coefficient (Wildman–Crippen LogP) is 4.05. The first-order valence-electron chi connectivity index (χ1n) is 8.13. The first-order chi connectivity index (χ1) is 12.0. The highest BCUT2D eigenvalue weighted by Crippen LogP contribution is 2.31. The van der Waals surface area contributed by atoms with Gasteiger partial charge in [0.1, 0.15) is 11.4 Å². The van der Waals surface area contributed by atoms with Crippen LogP contribution in [0, 0.1) is 17.1 Å². The summed E-state index contributed by atoms with van der Waals surface area (Å²) in [7, 11) is -4.05. The van der Waals surface area contributed by atoms with Gasteiger partial charge in [-0.2, -0.15) is 5.26 Å². The van der Waals surface area contributed by atoms with Gasteiger partial charge in [0.25, 0.3) is 0 Å². The molecule has 0 bridgehead atoms. The number of benzene rings is 1. The molecule has 1 unspecified atom stereocenters. The molecule has 6 nitrogen and oxygen atoms in total. The molecule has 1 aromatic rings. The Morgan fingerprint density at radius 1 is 1.26 bits per heavy atom. The van der Waals surface area contributed by atoms with Gasteiger partial charge in [0.05, 0.1) is 17.4 Å². The van der Waals surface area contributed by atoms with Crippen LogP contribution in [0.15, 0.2) is 22.7 Å². The van der Waals surface area contributed by atoms with Crippen LogP contribution in [0.25, 0.3) is 0 Å². The van der Waals surface area contributed by atoms with Crippen LogP contribution < -0.4 is 5.32 Å². The zero-order chi connectivity index (χ0) is 21.3. The Labute approximate surface area is 168 Å². The maximum atomic E-state index is 14.5. The maximum absolute atomic E-state index is 14.5. The van der Waals surface area contributed by atoms with Crippen molar-refractivity contribution in [3.05, 3.63) is 34.1 Å². The highest BCUT2D eigenvalue weighted by Gasteiger charge is 2.44. The van der Waals surface area contributed by atoms with E-state index in [-0.39, 0.29) is 5.56 Å². The van der Waals surface area contributed by atoms with Gasteiger partial charge in [0.2, 0.25) is 0 Å². The lowest BCUT2D eigenvalue weighted by Crippen LogP contribution is -2.52. The summed E-state index contributed by atoms with van der Waals surface area (Å²) in [5.41, 5.74) is -2.53. The van der Waals surface area contributed by atoms with Gasteiger partial charge >= 0.3 is 6.09 Å². The molecule has 0 aliphatic heterocycles. The van der Waals surface area contributed by atoms with Crippen molar-refractivity contribution in [2.45, 2.75) is 57.4 Å². The van der Waals surface area contributed by atoms with Gasteiger partial charge in [-0.15, -0.1) is 0 Å². The molecule has 0 radical (unpaired) electrons. The molecule has 0 saturated carbocycles. The number of halogens is 2. The van der Waals surface area contributed by atoms with E-state index in [0.717, 1.165) is 6.07 Å². The maximum Gasteiger partial charge on any atom is 0.408 e. The number of amides is 1. The van der Waals surface area contributed by atoms with Crippen molar-refractivity contribution in [2.75, 3.05) is 5.75 Å². The Hall–Kier alpha value is -1.66. The molecule has 0 aliphatic rings. The summed E-state index contributed by atoms with van der Waals surface area (Å²) < 4.78 is 44.1. The largest absolute Gasteiger partial charge is 0.444 e. The lowest BCUT2D eigenvalue weighted by atomic mass is 9.93. The number of alkyl carbamates (subject to hydrolysis) is 1. The number of carbonyl (C=O) groups is 1. The van der Waals surface area contributed by atoms with Gasteiger partial charge < -0.3 is 10.1 Å². The fraction of sp³-hybridized carbons (Fsp3) is 0.556. The van der Waals surface area contributed by atoms with Crippen LogP contribution in [0.1, 0.15) is 47.1 Å². The Kier molecular flexibility index (Phi) is 6.72. The Balaban J connectivity index is 3.47. The molecule has 27 heavy (non-hydrogen) atoms.